The lowest BCUT2D eigenvalue weighted by Gasteiger charge is -2.08. The van der Waals surface area contributed by atoms with Gasteiger partial charge in [0.1, 0.15) is 11.5 Å². The van der Waals surface area contributed by atoms with Crippen LogP contribution in [0, 0.1) is 0 Å². The fraction of sp³-hybridized carbons (Fsp3) is 0.188. The van der Waals surface area contributed by atoms with Crippen molar-refractivity contribution in [2.24, 2.45) is 0 Å². The lowest BCUT2D eigenvalue weighted by Crippen LogP contribution is -2.15. The van der Waals surface area contributed by atoms with Gasteiger partial charge in [-0.15, -0.1) is 0 Å². The van der Waals surface area contributed by atoms with Crippen molar-refractivity contribution in [2.75, 3.05) is 24.8 Å². The molecule has 0 radical (unpaired) electrons. The van der Waals surface area contributed by atoms with Crippen LogP contribution in [-0.4, -0.2) is 19.6 Å². The molecule has 2 rings (SSSR count). The van der Waals surface area contributed by atoms with E-state index in [1.807, 2.05) is 18.2 Å². The van der Waals surface area contributed by atoms with Gasteiger partial charge in [-0.05, 0) is 36.4 Å². The molecule has 0 atom stereocenters. The van der Waals surface area contributed by atoms with Crippen molar-refractivity contribution in [1.29, 1.82) is 0 Å². The molecule has 0 unspecified atom stereocenters. The Hall–Kier alpha value is -2.69. The zero-order valence-corrected chi connectivity index (χ0v) is 11.8. The first-order chi connectivity index (χ1) is 10.2. The van der Waals surface area contributed by atoms with E-state index in [-0.39, 0.29) is 12.3 Å². The average Bonchev–Trinajstić information content (AvgIpc) is 2.50. The van der Waals surface area contributed by atoms with Gasteiger partial charge in [0.25, 0.3) is 0 Å². The molecule has 110 valence electrons. The Morgan fingerprint density at radius 1 is 1.14 bits per heavy atom. The number of carbonyl (C=O) groups excluding carboxylic acids is 1. The van der Waals surface area contributed by atoms with Gasteiger partial charge in [0.2, 0.25) is 5.91 Å². The second kappa shape index (κ2) is 7.19. The molecule has 21 heavy (non-hydrogen) atoms. The monoisotopic (exact) mass is 286 g/mol. The minimum Gasteiger partial charge on any atom is -0.497 e. The fourth-order valence-electron chi connectivity index (χ4n) is 1.74. The highest BCUT2D eigenvalue weighted by Crippen LogP contribution is 2.19. The number of nitrogens with one attached hydrogen (secondary N) is 1. The Morgan fingerprint density at radius 3 is 2.57 bits per heavy atom. The van der Waals surface area contributed by atoms with E-state index in [1.54, 1.807) is 37.4 Å². The van der Waals surface area contributed by atoms with Crippen LogP contribution in [0.1, 0.15) is 6.42 Å². The quantitative estimate of drug-likeness (QED) is 0.801. The number of anilines is 2. The molecule has 0 spiro atoms. The molecule has 0 aliphatic carbocycles. The van der Waals surface area contributed by atoms with Gasteiger partial charge in [0, 0.05) is 17.4 Å². The second-order valence-electron chi connectivity index (χ2n) is 4.45. The maximum atomic E-state index is 11.8. The largest absolute Gasteiger partial charge is 0.497 e. The Morgan fingerprint density at radius 2 is 1.86 bits per heavy atom. The van der Waals surface area contributed by atoms with Gasteiger partial charge in [-0.2, -0.15) is 0 Å². The summed E-state index contributed by atoms with van der Waals surface area (Å²) < 4.78 is 10.6. The van der Waals surface area contributed by atoms with Crippen LogP contribution in [0.5, 0.6) is 11.5 Å². The van der Waals surface area contributed by atoms with Gasteiger partial charge in [0.15, 0.2) is 0 Å². The lowest BCUT2D eigenvalue weighted by molar-refractivity contribution is -0.116. The van der Waals surface area contributed by atoms with Crippen molar-refractivity contribution >= 4 is 17.3 Å². The van der Waals surface area contributed by atoms with Crippen LogP contribution in [-0.2, 0) is 4.79 Å². The van der Waals surface area contributed by atoms with Crippen molar-refractivity contribution in [3.8, 4) is 11.5 Å². The van der Waals surface area contributed by atoms with Gasteiger partial charge < -0.3 is 20.5 Å². The summed E-state index contributed by atoms with van der Waals surface area (Å²) in [6.45, 7) is 0.300. The van der Waals surface area contributed by atoms with Crippen molar-refractivity contribution < 1.29 is 14.3 Å². The van der Waals surface area contributed by atoms with Gasteiger partial charge in [-0.25, -0.2) is 0 Å². The van der Waals surface area contributed by atoms with E-state index < -0.39 is 0 Å². The minimum absolute atomic E-state index is 0.109. The zero-order chi connectivity index (χ0) is 15.1. The SMILES string of the molecule is COc1cccc(OCCC(=O)Nc2ccc(N)cc2)c1. The number of hydrogen-bond donors (Lipinski definition) is 2. The first-order valence-corrected chi connectivity index (χ1v) is 6.59. The van der Waals surface area contributed by atoms with Crippen molar-refractivity contribution in [2.45, 2.75) is 6.42 Å². The molecule has 5 heteroatoms. The summed E-state index contributed by atoms with van der Waals surface area (Å²) >= 11 is 0. The standard InChI is InChI=1S/C16H18N2O3/c1-20-14-3-2-4-15(11-14)21-10-9-16(19)18-13-7-5-12(17)6-8-13/h2-8,11H,9-10,17H2,1H3,(H,18,19). The van der Waals surface area contributed by atoms with Crippen LogP contribution in [0.25, 0.3) is 0 Å². The number of nitrogen functional groups attached to an aromatic ring is 1. The first-order valence-electron chi connectivity index (χ1n) is 6.59. The number of ether oxygens (including phenoxy) is 2. The lowest BCUT2D eigenvalue weighted by atomic mass is 10.3. The van der Waals surface area contributed by atoms with Gasteiger partial charge >= 0.3 is 0 Å². The Kier molecular flexibility index (Phi) is 5.04. The second-order valence-corrected chi connectivity index (χ2v) is 4.45. The van der Waals surface area contributed by atoms with Gasteiger partial charge in [-0.3, -0.25) is 4.79 Å². The third-order valence-corrected chi connectivity index (χ3v) is 2.83. The summed E-state index contributed by atoms with van der Waals surface area (Å²) in [5.41, 5.74) is 6.96. The fourth-order valence-corrected chi connectivity index (χ4v) is 1.74. The molecule has 3 N–H and O–H groups in total. The van der Waals surface area contributed by atoms with Crippen LogP contribution in [0.4, 0.5) is 11.4 Å². The number of amides is 1. The maximum Gasteiger partial charge on any atom is 0.227 e. The van der Waals surface area contributed by atoms with Crippen LogP contribution in [0.15, 0.2) is 48.5 Å². The average molecular weight is 286 g/mol. The van der Waals surface area contributed by atoms with E-state index in [0.29, 0.717) is 18.0 Å². The van der Waals surface area contributed by atoms with Gasteiger partial charge in [0.05, 0.1) is 20.1 Å². The smallest absolute Gasteiger partial charge is 0.227 e. The highest BCUT2D eigenvalue weighted by atomic mass is 16.5. The van der Waals surface area contributed by atoms with E-state index in [0.717, 1.165) is 11.4 Å². The number of rotatable bonds is 6. The van der Waals surface area contributed by atoms with Crippen LogP contribution >= 0.6 is 0 Å². The molecule has 0 aliphatic heterocycles. The van der Waals surface area contributed by atoms with E-state index in [4.69, 9.17) is 15.2 Å². The van der Waals surface area contributed by atoms with E-state index in [2.05, 4.69) is 5.32 Å². The highest BCUT2D eigenvalue weighted by molar-refractivity contribution is 5.90. The van der Waals surface area contributed by atoms with Crippen molar-refractivity contribution in [3.05, 3.63) is 48.5 Å². The summed E-state index contributed by atoms with van der Waals surface area (Å²) in [5.74, 6) is 1.29. The molecule has 5 nitrogen and oxygen atoms in total. The summed E-state index contributed by atoms with van der Waals surface area (Å²) in [7, 11) is 1.60. The molecule has 1 amide bonds. The van der Waals surface area contributed by atoms with Gasteiger partial charge in [-0.1, -0.05) is 6.07 Å². The Labute approximate surface area is 123 Å². The molecule has 2 aromatic carbocycles. The number of nitrogens with two attached hydrogens (primary N) is 1. The number of benzene rings is 2. The van der Waals surface area contributed by atoms with Crippen LogP contribution in [0.2, 0.25) is 0 Å². The number of hydrogen-bond acceptors (Lipinski definition) is 4. The summed E-state index contributed by atoms with van der Waals surface area (Å²) in [6, 6.07) is 14.3. The molecule has 0 bridgehead atoms. The van der Waals surface area contributed by atoms with E-state index in [9.17, 15) is 4.79 Å². The molecule has 0 saturated carbocycles. The predicted molar refractivity (Wildman–Crippen MR) is 82.6 cm³/mol. The zero-order valence-electron chi connectivity index (χ0n) is 11.8. The summed E-state index contributed by atoms with van der Waals surface area (Å²) in [4.78, 5) is 11.8. The number of methoxy groups -OCH3 is 1. The third-order valence-electron chi connectivity index (χ3n) is 2.83. The molecule has 2 aromatic rings. The van der Waals surface area contributed by atoms with Crippen LogP contribution < -0.4 is 20.5 Å². The minimum atomic E-state index is -0.109. The highest BCUT2D eigenvalue weighted by Gasteiger charge is 2.03. The Balaban J connectivity index is 1.77. The van der Waals surface area contributed by atoms with Crippen LogP contribution in [0.3, 0.4) is 0 Å². The predicted octanol–water partition coefficient (Wildman–Crippen LogP) is 2.69. The molecular formula is C16H18N2O3. The van der Waals surface area contributed by atoms with E-state index in [1.165, 1.54) is 0 Å². The summed E-state index contributed by atoms with van der Waals surface area (Å²) in [6.07, 6.45) is 0.265. The molecule has 0 saturated heterocycles. The molecule has 0 aliphatic rings. The maximum absolute atomic E-state index is 11.8. The molecular weight excluding hydrogens is 268 g/mol. The van der Waals surface area contributed by atoms with Crippen molar-refractivity contribution in [1.82, 2.24) is 0 Å². The molecule has 0 fully saturated rings. The molecule has 0 heterocycles. The van der Waals surface area contributed by atoms with E-state index >= 15 is 0 Å². The normalized spacial score (nSPS) is 9.95. The first kappa shape index (κ1) is 14.7. The topological polar surface area (TPSA) is 73.6 Å². The third kappa shape index (κ3) is 4.72. The summed E-state index contributed by atoms with van der Waals surface area (Å²) in [5, 5.41) is 2.78. The number of carbonyl (C=O) groups is 1. The van der Waals surface area contributed by atoms with Crippen molar-refractivity contribution in [3.63, 3.8) is 0 Å². The molecule has 0 aromatic heterocycles. The Bertz CT molecular complexity index is 597.